The maximum Gasteiger partial charge on any atom is 0.338 e. The Kier molecular flexibility index (Phi) is 3.63. The van der Waals surface area contributed by atoms with Gasteiger partial charge in [0, 0.05) is 10.7 Å². The molecule has 0 spiro atoms. The van der Waals surface area contributed by atoms with Crippen LogP contribution in [-0.2, 0) is 0 Å². The summed E-state index contributed by atoms with van der Waals surface area (Å²) in [4.78, 5) is 15.1. The van der Waals surface area contributed by atoms with Crippen LogP contribution in [0.1, 0.15) is 10.4 Å². The lowest BCUT2D eigenvalue weighted by molar-refractivity contribution is 0.0692. The predicted octanol–water partition coefficient (Wildman–Crippen LogP) is 3.76. The van der Waals surface area contributed by atoms with Gasteiger partial charge in [-0.25, -0.2) is 9.78 Å². The van der Waals surface area contributed by atoms with Crippen LogP contribution < -0.4 is 0 Å². The van der Waals surface area contributed by atoms with Crippen molar-refractivity contribution in [2.24, 2.45) is 0 Å². The highest BCUT2D eigenvalue weighted by Crippen LogP contribution is 2.32. The van der Waals surface area contributed by atoms with Gasteiger partial charge in [0.25, 0.3) is 0 Å². The number of hydrogen-bond acceptors (Lipinski definition) is 4. The molecule has 0 radical (unpaired) electrons. The van der Waals surface area contributed by atoms with Crippen molar-refractivity contribution in [2.75, 3.05) is 0 Å². The minimum atomic E-state index is -0.965. The highest BCUT2D eigenvalue weighted by Gasteiger charge is 2.13. The number of hydrogen-bond donors (Lipinski definition) is 1. The van der Waals surface area contributed by atoms with Crippen LogP contribution >= 0.6 is 39.0 Å². The first kappa shape index (κ1) is 11.6. The first-order valence-electron chi connectivity index (χ1n) is 4.27. The van der Waals surface area contributed by atoms with E-state index in [9.17, 15) is 4.79 Å². The van der Waals surface area contributed by atoms with Gasteiger partial charge >= 0.3 is 5.97 Å². The Balaban J connectivity index is 2.36. The van der Waals surface area contributed by atoms with Crippen molar-refractivity contribution in [3.63, 3.8) is 0 Å². The van der Waals surface area contributed by atoms with Gasteiger partial charge in [0.15, 0.2) is 0 Å². The molecular formula is C10H6BrNO2S2. The number of aromatic carboxylic acids is 1. The third kappa shape index (κ3) is 2.63. The Hall–Kier alpha value is -0.850. The monoisotopic (exact) mass is 315 g/mol. The van der Waals surface area contributed by atoms with Crippen LogP contribution in [0.4, 0.5) is 0 Å². The van der Waals surface area contributed by atoms with Crippen LogP contribution in [0, 0.1) is 0 Å². The van der Waals surface area contributed by atoms with Crippen LogP contribution in [-0.4, -0.2) is 16.1 Å². The summed E-state index contributed by atoms with van der Waals surface area (Å²) >= 11 is 6.13. The summed E-state index contributed by atoms with van der Waals surface area (Å²) in [7, 11) is 0. The lowest BCUT2D eigenvalue weighted by Gasteiger charge is -2.03. The third-order valence-electron chi connectivity index (χ3n) is 1.74. The van der Waals surface area contributed by atoms with Crippen LogP contribution in [0.15, 0.2) is 43.5 Å². The molecule has 0 unspecified atom stereocenters. The zero-order chi connectivity index (χ0) is 11.5. The molecule has 3 nitrogen and oxygen atoms in total. The molecule has 2 aromatic rings. The van der Waals surface area contributed by atoms with Crippen molar-refractivity contribution in [1.29, 1.82) is 0 Å². The smallest absolute Gasteiger partial charge is 0.338 e. The van der Waals surface area contributed by atoms with E-state index in [1.54, 1.807) is 23.6 Å². The summed E-state index contributed by atoms with van der Waals surface area (Å²) in [5.41, 5.74) is 0.216. The maximum atomic E-state index is 11.0. The summed E-state index contributed by atoms with van der Waals surface area (Å²) < 4.78 is 1.69. The van der Waals surface area contributed by atoms with E-state index in [0.29, 0.717) is 9.50 Å². The molecule has 2 rings (SSSR count). The average molecular weight is 316 g/mol. The number of pyridine rings is 1. The zero-order valence-corrected chi connectivity index (χ0v) is 11.1. The number of carboxylic acids is 1. The molecule has 0 bridgehead atoms. The lowest BCUT2D eigenvalue weighted by atomic mass is 10.3. The van der Waals surface area contributed by atoms with E-state index in [2.05, 4.69) is 20.9 Å². The minimum Gasteiger partial charge on any atom is -0.478 e. The highest BCUT2D eigenvalue weighted by atomic mass is 79.9. The first-order valence-corrected chi connectivity index (χ1v) is 6.76. The molecule has 2 heterocycles. The van der Waals surface area contributed by atoms with Crippen LogP contribution in [0.2, 0.25) is 0 Å². The second-order valence-corrected chi connectivity index (χ2v) is 6.00. The second kappa shape index (κ2) is 4.99. The molecule has 0 fully saturated rings. The molecule has 0 aliphatic rings. The highest BCUT2D eigenvalue weighted by molar-refractivity contribution is 9.10. The van der Waals surface area contributed by atoms with Crippen molar-refractivity contribution >= 4 is 45.0 Å². The quantitative estimate of drug-likeness (QED) is 0.937. The zero-order valence-electron chi connectivity index (χ0n) is 7.88. The topological polar surface area (TPSA) is 50.2 Å². The molecule has 0 aliphatic heterocycles. The molecular weight excluding hydrogens is 310 g/mol. The summed E-state index contributed by atoms with van der Waals surface area (Å²) in [6.07, 6.45) is 1.60. The SMILES string of the molecule is O=C(O)c1cc(Br)cnc1Sc1cccs1. The fourth-order valence-electron chi connectivity index (χ4n) is 1.08. The standard InChI is InChI=1S/C10H6BrNO2S2/c11-6-4-7(10(13)14)9(12-5-6)16-8-2-1-3-15-8/h1-5H,(H,13,14). The summed E-state index contributed by atoms with van der Waals surface area (Å²) in [5, 5.41) is 11.5. The van der Waals surface area contributed by atoms with E-state index in [4.69, 9.17) is 5.11 Å². The summed E-state index contributed by atoms with van der Waals surface area (Å²) in [5.74, 6) is -0.965. The molecule has 0 saturated carbocycles. The van der Waals surface area contributed by atoms with Crippen LogP contribution in [0.5, 0.6) is 0 Å². The van der Waals surface area contributed by atoms with Crippen molar-refractivity contribution < 1.29 is 9.90 Å². The molecule has 1 N–H and O–H groups in total. The minimum absolute atomic E-state index is 0.216. The van der Waals surface area contributed by atoms with Gasteiger partial charge in [0.1, 0.15) is 5.03 Å². The lowest BCUT2D eigenvalue weighted by Crippen LogP contribution is -2.00. The number of halogens is 1. The van der Waals surface area contributed by atoms with Crippen molar-refractivity contribution in [2.45, 2.75) is 9.24 Å². The third-order valence-corrected chi connectivity index (χ3v) is 4.23. The van der Waals surface area contributed by atoms with E-state index >= 15 is 0 Å². The molecule has 82 valence electrons. The normalized spacial score (nSPS) is 10.3. The number of carboxylic acid groups (broad SMARTS) is 1. The van der Waals surface area contributed by atoms with Crippen molar-refractivity contribution in [1.82, 2.24) is 4.98 Å². The number of carbonyl (C=O) groups is 1. The van der Waals surface area contributed by atoms with Crippen LogP contribution in [0.3, 0.4) is 0 Å². The van der Waals surface area contributed by atoms with Crippen molar-refractivity contribution in [3.05, 3.63) is 39.8 Å². The Labute approximate surface area is 109 Å². The van der Waals surface area contributed by atoms with Gasteiger partial charge in [-0.1, -0.05) is 17.8 Å². The molecule has 2 aromatic heterocycles. The molecule has 16 heavy (non-hydrogen) atoms. The fourth-order valence-corrected chi connectivity index (χ4v) is 3.15. The summed E-state index contributed by atoms with van der Waals surface area (Å²) in [6.45, 7) is 0. The van der Waals surface area contributed by atoms with Gasteiger partial charge in [-0.15, -0.1) is 11.3 Å². The number of aromatic nitrogens is 1. The van der Waals surface area contributed by atoms with E-state index in [0.717, 1.165) is 4.21 Å². The van der Waals surface area contributed by atoms with Gasteiger partial charge in [0.05, 0.1) is 9.77 Å². The van der Waals surface area contributed by atoms with Gasteiger partial charge in [-0.05, 0) is 33.4 Å². The first-order chi connectivity index (χ1) is 7.66. The van der Waals surface area contributed by atoms with Gasteiger partial charge in [-0.3, -0.25) is 0 Å². The van der Waals surface area contributed by atoms with E-state index in [1.807, 2.05) is 17.5 Å². The molecule has 0 amide bonds. The Morgan fingerprint density at radius 3 is 3.00 bits per heavy atom. The predicted molar refractivity (Wildman–Crippen MR) is 67.3 cm³/mol. The molecule has 0 aliphatic carbocycles. The Bertz CT molecular complexity index is 514. The fraction of sp³-hybridized carbons (Fsp3) is 0. The Morgan fingerprint density at radius 2 is 2.38 bits per heavy atom. The number of rotatable bonds is 3. The largest absolute Gasteiger partial charge is 0.478 e. The second-order valence-electron chi connectivity index (χ2n) is 2.85. The van der Waals surface area contributed by atoms with Crippen LogP contribution in [0.25, 0.3) is 0 Å². The average Bonchev–Trinajstić information content (AvgIpc) is 2.73. The number of thiophene rings is 1. The Morgan fingerprint density at radius 1 is 1.56 bits per heavy atom. The van der Waals surface area contributed by atoms with Gasteiger partial charge in [-0.2, -0.15) is 0 Å². The molecule has 6 heteroatoms. The van der Waals surface area contributed by atoms with E-state index in [1.165, 1.54) is 11.8 Å². The molecule has 0 atom stereocenters. The van der Waals surface area contributed by atoms with E-state index in [-0.39, 0.29) is 5.56 Å². The van der Waals surface area contributed by atoms with Crippen molar-refractivity contribution in [3.8, 4) is 0 Å². The molecule has 0 saturated heterocycles. The van der Waals surface area contributed by atoms with Gasteiger partial charge < -0.3 is 5.11 Å². The maximum absolute atomic E-state index is 11.0. The molecule has 0 aromatic carbocycles. The number of nitrogens with zero attached hydrogens (tertiary/aromatic N) is 1. The van der Waals surface area contributed by atoms with E-state index < -0.39 is 5.97 Å². The summed E-state index contributed by atoms with van der Waals surface area (Å²) in [6, 6.07) is 5.42. The van der Waals surface area contributed by atoms with Gasteiger partial charge in [0.2, 0.25) is 0 Å².